The molecule has 10 nitrogen and oxygen atoms in total. The number of hydrogen-bond acceptors (Lipinski definition) is 8. The number of carbonyl (C=O) groups is 1. The largest absolute Gasteiger partial charge is 0.515 e. The summed E-state index contributed by atoms with van der Waals surface area (Å²) in [6.07, 6.45) is 1.63. The van der Waals surface area contributed by atoms with Crippen LogP contribution in [0, 0.1) is 0 Å². The van der Waals surface area contributed by atoms with Gasteiger partial charge in [-0.15, -0.1) is 10.2 Å². The Kier molecular flexibility index (Phi) is 7.39. The number of aryl methyl sites for hydroxylation is 2. The SMILES string of the molecule is CCCc1nc(CC)c(OC(=O)OCC)n1Cc1ccc2nc(-c3ccccc3-c3nn[nH]n3)ccc2c1. The fourth-order valence-electron chi connectivity index (χ4n) is 4.47. The zero-order chi connectivity index (χ0) is 26.5. The van der Waals surface area contributed by atoms with Crippen molar-refractivity contribution in [2.45, 2.75) is 46.6 Å². The highest BCUT2D eigenvalue weighted by atomic mass is 16.7. The molecule has 194 valence electrons. The van der Waals surface area contributed by atoms with Gasteiger partial charge in [0.25, 0.3) is 0 Å². The van der Waals surface area contributed by atoms with Crippen LogP contribution in [0.5, 0.6) is 5.88 Å². The highest BCUT2D eigenvalue weighted by Gasteiger charge is 2.21. The molecule has 3 heterocycles. The predicted octanol–water partition coefficient (Wildman–Crippen LogP) is 5.38. The summed E-state index contributed by atoms with van der Waals surface area (Å²) in [5.41, 5.74) is 5.26. The van der Waals surface area contributed by atoms with Crippen LogP contribution in [0.1, 0.15) is 44.3 Å². The van der Waals surface area contributed by atoms with Gasteiger partial charge in [0.05, 0.1) is 24.4 Å². The first-order valence-corrected chi connectivity index (χ1v) is 12.8. The Bertz CT molecular complexity index is 1560. The smallest absolute Gasteiger partial charge is 0.434 e. The summed E-state index contributed by atoms with van der Waals surface area (Å²) in [5.74, 6) is 1.85. The quantitative estimate of drug-likeness (QED) is 0.262. The van der Waals surface area contributed by atoms with E-state index in [1.54, 1.807) is 6.92 Å². The average molecular weight is 512 g/mol. The summed E-state index contributed by atoms with van der Waals surface area (Å²) < 4.78 is 12.6. The number of nitrogens with one attached hydrogen (secondary N) is 1. The average Bonchev–Trinajstić information content (AvgIpc) is 3.58. The Balaban J connectivity index is 1.48. The second-order valence-corrected chi connectivity index (χ2v) is 8.76. The van der Waals surface area contributed by atoms with Crippen molar-refractivity contribution in [2.24, 2.45) is 0 Å². The topological polar surface area (TPSA) is 121 Å². The number of pyridine rings is 1. The molecule has 5 aromatic rings. The van der Waals surface area contributed by atoms with E-state index < -0.39 is 6.16 Å². The molecule has 0 aliphatic rings. The second-order valence-electron chi connectivity index (χ2n) is 8.76. The summed E-state index contributed by atoms with van der Waals surface area (Å²) >= 11 is 0. The number of fused-ring (bicyclic) bond motifs is 1. The first-order valence-electron chi connectivity index (χ1n) is 12.8. The van der Waals surface area contributed by atoms with Crippen molar-refractivity contribution in [3.8, 4) is 28.5 Å². The number of carbonyl (C=O) groups excluding carboxylic acids is 1. The minimum absolute atomic E-state index is 0.246. The molecule has 0 spiro atoms. The van der Waals surface area contributed by atoms with Gasteiger partial charge in [-0.05, 0) is 48.7 Å². The third-order valence-electron chi connectivity index (χ3n) is 6.20. The van der Waals surface area contributed by atoms with Crippen molar-refractivity contribution in [3.63, 3.8) is 0 Å². The molecule has 0 atom stereocenters. The normalized spacial score (nSPS) is 11.1. The maximum atomic E-state index is 12.2. The van der Waals surface area contributed by atoms with Gasteiger partial charge in [-0.25, -0.2) is 14.8 Å². The van der Waals surface area contributed by atoms with E-state index in [0.29, 0.717) is 24.7 Å². The minimum Gasteiger partial charge on any atom is -0.434 e. The number of aromatic nitrogens is 7. The number of tetrazole rings is 1. The van der Waals surface area contributed by atoms with Crippen LogP contribution in [0.3, 0.4) is 0 Å². The van der Waals surface area contributed by atoms with Crippen LogP contribution < -0.4 is 4.74 Å². The van der Waals surface area contributed by atoms with Crippen LogP contribution in [0.4, 0.5) is 4.79 Å². The molecule has 0 radical (unpaired) electrons. The number of aromatic amines is 1. The number of ether oxygens (including phenoxy) is 2. The van der Waals surface area contributed by atoms with Gasteiger partial charge in [-0.2, -0.15) is 5.21 Å². The van der Waals surface area contributed by atoms with Crippen LogP contribution in [-0.4, -0.2) is 47.9 Å². The van der Waals surface area contributed by atoms with E-state index in [0.717, 1.165) is 57.6 Å². The predicted molar refractivity (Wildman–Crippen MR) is 143 cm³/mol. The minimum atomic E-state index is -0.720. The highest BCUT2D eigenvalue weighted by Crippen LogP contribution is 2.30. The molecule has 2 aromatic carbocycles. The van der Waals surface area contributed by atoms with E-state index in [4.69, 9.17) is 19.4 Å². The molecule has 0 fully saturated rings. The summed E-state index contributed by atoms with van der Waals surface area (Å²) in [6, 6.07) is 18.1. The van der Waals surface area contributed by atoms with Gasteiger partial charge < -0.3 is 9.47 Å². The van der Waals surface area contributed by atoms with Crippen molar-refractivity contribution >= 4 is 17.1 Å². The lowest BCUT2D eigenvalue weighted by molar-refractivity contribution is 0.101. The van der Waals surface area contributed by atoms with Gasteiger partial charge in [0.1, 0.15) is 11.5 Å². The van der Waals surface area contributed by atoms with Crippen molar-refractivity contribution in [1.82, 2.24) is 35.2 Å². The lowest BCUT2D eigenvalue weighted by Gasteiger charge is -2.13. The number of imidazole rings is 1. The third kappa shape index (κ3) is 5.10. The van der Waals surface area contributed by atoms with Crippen LogP contribution in [0.25, 0.3) is 33.5 Å². The maximum absolute atomic E-state index is 12.2. The Labute approximate surface area is 220 Å². The van der Waals surface area contributed by atoms with Gasteiger partial charge in [-0.1, -0.05) is 50.2 Å². The van der Waals surface area contributed by atoms with E-state index >= 15 is 0 Å². The van der Waals surface area contributed by atoms with Crippen molar-refractivity contribution in [3.05, 3.63) is 71.7 Å². The maximum Gasteiger partial charge on any atom is 0.515 e. The summed E-state index contributed by atoms with van der Waals surface area (Å²) in [5, 5.41) is 15.5. The van der Waals surface area contributed by atoms with Gasteiger partial charge in [0.15, 0.2) is 0 Å². The molecule has 5 rings (SSSR count). The number of rotatable bonds is 9. The molecule has 38 heavy (non-hydrogen) atoms. The van der Waals surface area contributed by atoms with Crippen LogP contribution >= 0.6 is 0 Å². The van der Waals surface area contributed by atoms with Crippen LogP contribution in [0.2, 0.25) is 0 Å². The molecule has 0 saturated heterocycles. The monoisotopic (exact) mass is 511 g/mol. The molecule has 1 N–H and O–H groups in total. The first kappa shape index (κ1) is 25.1. The van der Waals surface area contributed by atoms with E-state index in [1.165, 1.54) is 0 Å². The number of nitrogens with zero attached hydrogens (tertiary/aromatic N) is 6. The number of hydrogen-bond donors (Lipinski definition) is 1. The summed E-state index contributed by atoms with van der Waals surface area (Å²) in [7, 11) is 0. The fourth-order valence-corrected chi connectivity index (χ4v) is 4.47. The van der Waals surface area contributed by atoms with Gasteiger partial charge in [-0.3, -0.25) is 4.57 Å². The molecule has 0 bridgehead atoms. The molecule has 0 aliphatic carbocycles. The molecule has 0 aliphatic heterocycles. The highest BCUT2D eigenvalue weighted by molar-refractivity contribution is 5.85. The van der Waals surface area contributed by atoms with Crippen molar-refractivity contribution < 1.29 is 14.3 Å². The van der Waals surface area contributed by atoms with E-state index in [9.17, 15) is 4.79 Å². The zero-order valence-electron chi connectivity index (χ0n) is 21.6. The Morgan fingerprint density at radius 1 is 1.00 bits per heavy atom. The van der Waals surface area contributed by atoms with Gasteiger partial charge in [0.2, 0.25) is 11.7 Å². The van der Waals surface area contributed by atoms with Gasteiger partial charge >= 0.3 is 6.16 Å². The molecular formula is C28H29N7O3. The Morgan fingerprint density at radius 2 is 1.84 bits per heavy atom. The number of H-pyrrole nitrogens is 1. The molecule has 0 amide bonds. The molecule has 3 aromatic heterocycles. The van der Waals surface area contributed by atoms with E-state index in [-0.39, 0.29) is 6.61 Å². The third-order valence-corrected chi connectivity index (χ3v) is 6.20. The summed E-state index contributed by atoms with van der Waals surface area (Å²) in [4.78, 5) is 21.8. The van der Waals surface area contributed by atoms with E-state index in [1.807, 2.05) is 54.0 Å². The number of benzene rings is 2. The molecule has 0 saturated carbocycles. The fraction of sp³-hybridized carbons (Fsp3) is 0.286. The lowest BCUT2D eigenvalue weighted by Crippen LogP contribution is -2.15. The van der Waals surface area contributed by atoms with Crippen molar-refractivity contribution in [1.29, 1.82) is 0 Å². The Hall–Kier alpha value is -4.60. The molecular weight excluding hydrogens is 482 g/mol. The molecule has 0 unspecified atom stereocenters. The summed E-state index contributed by atoms with van der Waals surface area (Å²) in [6.45, 7) is 6.61. The van der Waals surface area contributed by atoms with Gasteiger partial charge in [0, 0.05) is 22.9 Å². The first-order chi connectivity index (χ1) is 18.6. The van der Waals surface area contributed by atoms with Crippen molar-refractivity contribution in [2.75, 3.05) is 6.61 Å². The Morgan fingerprint density at radius 3 is 2.58 bits per heavy atom. The second kappa shape index (κ2) is 11.2. The van der Waals surface area contributed by atoms with E-state index in [2.05, 4.69) is 39.7 Å². The standard InChI is InChI=1S/C28H29N7O3/c1-4-9-25-30-22(5-2)27(38-28(36)37-6-3)35(25)17-18-12-14-23-19(16-18)13-15-24(29-23)20-10-7-8-11-21(20)26-31-33-34-32-26/h7-8,10-16H,4-6,9,17H2,1-3H3,(H,31,32,33,34). The lowest BCUT2D eigenvalue weighted by atomic mass is 10.0. The zero-order valence-corrected chi connectivity index (χ0v) is 21.6. The molecule has 10 heteroatoms. The van der Waals surface area contributed by atoms with Crippen LogP contribution in [-0.2, 0) is 24.1 Å². The van der Waals surface area contributed by atoms with Crippen LogP contribution in [0.15, 0.2) is 54.6 Å².